The standard InChI is InChI=1S/C22H17ClN2O3/c1-26-18-8-7-12(9-19(18)27-2)20-15-10-17(23)13-5-3-4-6-14(13)21(15)28-22(25)16(20)11-24/h3-10,20H,25H2,1-2H3. The van der Waals surface area contributed by atoms with Crippen LogP contribution in [0.5, 0.6) is 17.2 Å². The molecular formula is C22H17ClN2O3. The van der Waals surface area contributed by atoms with Crippen molar-refractivity contribution in [3.63, 3.8) is 0 Å². The average Bonchev–Trinajstić information content (AvgIpc) is 2.73. The lowest BCUT2D eigenvalue weighted by Gasteiger charge is -2.28. The van der Waals surface area contributed by atoms with Crippen LogP contribution in [0, 0.1) is 11.3 Å². The second kappa shape index (κ2) is 6.99. The van der Waals surface area contributed by atoms with E-state index in [0.717, 1.165) is 21.9 Å². The molecule has 0 saturated heterocycles. The summed E-state index contributed by atoms with van der Waals surface area (Å²) < 4.78 is 16.6. The molecule has 0 bridgehead atoms. The van der Waals surface area contributed by atoms with Gasteiger partial charge in [-0.2, -0.15) is 5.26 Å². The summed E-state index contributed by atoms with van der Waals surface area (Å²) in [5.74, 6) is 1.43. The van der Waals surface area contributed by atoms with Gasteiger partial charge in [-0.15, -0.1) is 0 Å². The number of halogens is 1. The number of hydrogen-bond donors (Lipinski definition) is 1. The summed E-state index contributed by atoms with van der Waals surface area (Å²) in [6.45, 7) is 0. The van der Waals surface area contributed by atoms with Gasteiger partial charge in [0.15, 0.2) is 11.5 Å². The molecule has 0 spiro atoms. The Balaban J connectivity index is 2.01. The van der Waals surface area contributed by atoms with E-state index < -0.39 is 5.92 Å². The van der Waals surface area contributed by atoms with Crippen molar-refractivity contribution in [2.45, 2.75) is 5.92 Å². The molecule has 1 aliphatic rings. The summed E-state index contributed by atoms with van der Waals surface area (Å²) in [4.78, 5) is 0. The maximum absolute atomic E-state index is 9.77. The van der Waals surface area contributed by atoms with E-state index >= 15 is 0 Å². The number of nitriles is 1. The fourth-order valence-electron chi connectivity index (χ4n) is 3.61. The highest BCUT2D eigenvalue weighted by atomic mass is 35.5. The lowest BCUT2D eigenvalue weighted by molar-refractivity contribution is 0.354. The van der Waals surface area contributed by atoms with Gasteiger partial charge in [-0.3, -0.25) is 0 Å². The topological polar surface area (TPSA) is 77.5 Å². The van der Waals surface area contributed by atoms with Gasteiger partial charge in [0.2, 0.25) is 5.88 Å². The molecule has 0 amide bonds. The number of fused-ring (bicyclic) bond motifs is 3. The maximum Gasteiger partial charge on any atom is 0.205 e. The van der Waals surface area contributed by atoms with Crippen LogP contribution < -0.4 is 19.9 Å². The zero-order valence-corrected chi connectivity index (χ0v) is 16.1. The third-order valence-corrected chi connectivity index (χ3v) is 5.22. The molecule has 0 radical (unpaired) electrons. The van der Waals surface area contributed by atoms with Crippen molar-refractivity contribution < 1.29 is 14.2 Å². The van der Waals surface area contributed by atoms with Crippen LogP contribution in [-0.4, -0.2) is 14.2 Å². The first-order chi connectivity index (χ1) is 13.6. The number of ether oxygens (including phenoxy) is 3. The van der Waals surface area contributed by atoms with Crippen LogP contribution >= 0.6 is 11.6 Å². The molecule has 3 aromatic rings. The van der Waals surface area contributed by atoms with E-state index in [9.17, 15) is 5.26 Å². The first-order valence-corrected chi connectivity index (χ1v) is 8.97. The van der Waals surface area contributed by atoms with Crippen molar-refractivity contribution >= 4 is 22.4 Å². The van der Waals surface area contributed by atoms with Gasteiger partial charge in [0.25, 0.3) is 0 Å². The molecule has 1 aliphatic heterocycles. The van der Waals surface area contributed by atoms with Crippen LogP contribution in [0.4, 0.5) is 0 Å². The number of benzene rings is 3. The predicted octanol–water partition coefficient (Wildman–Crippen LogP) is 4.73. The minimum absolute atomic E-state index is 0.0854. The average molecular weight is 393 g/mol. The zero-order chi connectivity index (χ0) is 19.8. The summed E-state index contributed by atoms with van der Waals surface area (Å²) in [6, 6.07) is 17.2. The number of rotatable bonds is 3. The molecule has 1 unspecified atom stereocenters. The fraction of sp³-hybridized carbons (Fsp3) is 0.136. The summed E-state index contributed by atoms with van der Waals surface area (Å²) in [5, 5.41) is 12.1. The number of nitrogens with zero attached hydrogens (tertiary/aromatic N) is 1. The summed E-state index contributed by atoms with van der Waals surface area (Å²) in [5.41, 5.74) is 8.07. The minimum atomic E-state index is -0.435. The quantitative estimate of drug-likeness (QED) is 0.697. The van der Waals surface area contributed by atoms with Crippen LogP contribution in [0.2, 0.25) is 5.02 Å². The van der Waals surface area contributed by atoms with Crippen LogP contribution in [0.15, 0.2) is 60.0 Å². The zero-order valence-electron chi connectivity index (χ0n) is 15.3. The molecule has 140 valence electrons. The molecule has 0 aromatic heterocycles. The van der Waals surface area contributed by atoms with E-state index in [2.05, 4.69) is 6.07 Å². The first kappa shape index (κ1) is 18.0. The van der Waals surface area contributed by atoms with Crippen molar-refractivity contribution in [1.29, 1.82) is 5.26 Å². The van der Waals surface area contributed by atoms with E-state index in [1.165, 1.54) is 0 Å². The first-order valence-electron chi connectivity index (χ1n) is 8.59. The highest BCUT2D eigenvalue weighted by Gasteiger charge is 2.33. The van der Waals surface area contributed by atoms with Gasteiger partial charge in [0, 0.05) is 21.4 Å². The van der Waals surface area contributed by atoms with Crippen molar-refractivity contribution in [2.75, 3.05) is 14.2 Å². The Labute approximate surface area is 167 Å². The van der Waals surface area contributed by atoms with Crippen LogP contribution in [-0.2, 0) is 0 Å². The molecule has 28 heavy (non-hydrogen) atoms. The van der Waals surface area contributed by atoms with Gasteiger partial charge in [-0.25, -0.2) is 0 Å². The molecule has 2 N–H and O–H groups in total. The van der Waals surface area contributed by atoms with Crippen molar-refractivity contribution in [3.05, 3.63) is 76.1 Å². The second-order valence-corrected chi connectivity index (χ2v) is 6.77. The molecule has 1 atom stereocenters. The van der Waals surface area contributed by atoms with Crippen molar-refractivity contribution in [3.8, 4) is 23.3 Å². The van der Waals surface area contributed by atoms with Gasteiger partial charge in [0.1, 0.15) is 17.4 Å². The number of methoxy groups -OCH3 is 2. The smallest absolute Gasteiger partial charge is 0.205 e. The molecular weight excluding hydrogens is 376 g/mol. The molecule has 3 aromatic carbocycles. The Bertz CT molecular complexity index is 1160. The van der Waals surface area contributed by atoms with Gasteiger partial charge in [-0.05, 0) is 23.8 Å². The molecule has 0 aliphatic carbocycles. The summed E-state index contributed by atoms with van der Waals surface area (Å²) in [7, 11) is 3.14. The van der Waals surface area contributed by atoms with Crippen LogP contribution in [0.1, 0.15) is 17.0 Å². The Morgan fingerprint density at radius 1 is 1.04 bits per heavy atom. The van der Waals surface area contributed by atoms with Crippen LogP contribution in [0.3, 0.4) is 0 Å². The third-order valence-electron chi connectivity index (χ3n) is 4.91. The van der Waals surface area contributed by atoms with E-state index in [4.69, 9.17) is 31.5 Å². The monoisotopic (exact) mass is 392 g/mol. The molecule has 0 fully saturated rings. The number of nitrogens with two attached hydrogens (primary N) is 1. The van der Waals surface area contributed by atoms with Crippen LogP contribution in [0.25, 0.3) is 10.8 Å². The van der Waals surface area contributed by atoms with E-state index in [1.807, 2.05) is 42.5 Å². The molecule has 0 saturated carbocycles. The highest BCUT2D eigenvalue weighted by molar-refractivity contribution is 6.36. The van der Waals surface area contributed by atoms with E-state index in [1.54, 1.807) is 20.3 Å². The van der Waals surface area contributed by atoms with Crippen molar-refractivity contribution in [2.24, 2.45) is 5.73 Å². The summed E-state index contributed by atoms with van der Waals surface area (Å²) in [6.07, 6.45) is 0. The number of allylic oxidation sites excluding steroid dienone is 1. The number of hydrogen-bond acceptors (Lipinski definition) is 5. The largest absolute Gasteiger partial charge is 0.493 e. The molecule has 1 heterocycles. The maximum atomic E-state index is 9.77. The third kappa shape index (κ3) is 2.70. The van der Waals surface area contributed by atoms with Gasteiger partial charge < -0.3 is 19.9 Å². The highest BCUT2D eigenvalue weighted by Crippen LogP contribution is 2.48. The lowest BCUT2D eigenvalue weighted by atomic mass is 9.82. The molecule has 6 heteroatoms. The molecule has 5 nitrogen and oxygen atoms in total. The summed E-state index contributed by atoms with van der Waals surface area (Å²) >= 11 is 6.55. The Morgan fingerprint density at radius 2 is 1.75 bits per heavy atom. The minimum Gasteiger partial charge on any atom is -0.493 e. The normalized spacial score (nSPS) is 15.6. The fourth-order valence-corrected chi connectivity index (χ4v) is 3.90. The van der Waals surface area contributed by atoms with E-state index in [-0.39, 0.29) is 5.88 Å². The Morgan fingerprint density at radius 3 is 2.43 bits per heavy atom. The van der Waals surface area contributed by atoms with Crippen molar-refractivity contribution in [1.82, 2.24) is 0 Å². The lowest BCUT2D eigenvalue weighted by Crippen LogP contribution is -2.21. The predicted molar refractivity (Wildman–Crippen MR) is 108 cm³/mol. The molecule has 4 rings (SSSR count). The van der Waals surface area contributed by atoms with Gasteiger partial charge in [0.05, 0.1) is 20.1 Å². The van der Waals surface area contributed by atoms with Gasteiger partial charge >= 0.3 is 0 Å². The van der Waals surface area contributed by atoms with Gasteiger partial charge in [-0.1, -0.05) is 41.9 Å². The van der Waals surface area contributed by atoms with E-state index in [0.29, 0.717) is 27.8 Å². The Kier molecular flexibility index (Phi) is 4.50. The Hall–Kier alpha value is -3.36. The second-order valence-electron chi connectivity index (χ2n) is 6.36. The SMILES string of the molecule is COc1ccc(C2C(C#N)=C(N)Oc3c2cc(Cl)c2ccccc32)cc1OC.